The number of hydrogen-bond donors (Lipinski definition) is 0. The summed E-state index contributed by atoms with van der Waals surface area (Å²) in [7, 11) is 0. The Balaban J connectivity index is 1.35. The van der Waals surface area contributed by atoms with E-state index in [1.54, 1.807) is 6.20 Å². The zero-order valence-corrected chi connectivity index (χ0v) is 18.0. The average Bonchev–Trinajstić information content (AvgIpc) is 3.21. The van der Waals surface area contributed by atoms with E-state index in [0.717, 1.165) is 56.0 Å². The predicted molar refractivity (Wildman–Crippen MR) is 118 cm³/mol. The molecule has 2 aromatic rings. The Kier molecular flexibility index (Phi) is 6.10. The number of piperidine rings is 1. The van der Waals surface area contributed by atoms with Crippen LogP contribution >= 0.6 is 11.8 Å². The zero-order valence-electron chi connectivity index (χ0n) is 17.1. The fourth-order valence-electron chi connectivity index (χ4n) is 4.31. The fourth-order valence-corrected chi connectivity index (χ4v) is 4.86. The zero-order chi connectivity index (χ0) is 21.0. The third kappa shape index (κ3) is 4.36. The maximum absolute atomic E-state index is 13.0. The van der Waals surface area contributed by atoms with Gasteiger partial charge in [-0.25, -0.2) is 4.98 Å². The smallest absolute Gasteiger partial charge is 0.298 e. The van der Waals surface area contributed by atoms with E-state index < -0.39 is 0 Å². The molecule has 6 heteroatoms. The lowest BCUT2D eigenvalue weighted by Crippen LogP contribution is -2.44. The van der Waals surface area contributed by atoms with Gasteiger partial charge in [0.2, 0.25) is 0 Å². The summed E-state index contributed by atoms with van der Waals surface area (Å²) in [5, 5.41) is 0.775. The predicted octanol–water partition coefficient (Wildman–Crippen LogP) is 3.31. The van der Waals surface area contributed by atoms with Gasteiger partial charge in [-0.1, -0.05) is 24.1 Å². The molecule has 2 fully saturated rings. The molecule has 1 aromatic carbocycles. The van der Waals surface area contributed by atoms with E-state index in [4.69, 9.17) is 0 Å². The summed E-state index contributed by atoms with van der Waals surface area (Å²) in [5.41, 5.74) is 1.64. The van der Waals surface area contributed by atoms with Gasteiger partial charge in [0.15, 0.2) is 0 Å². The number of nitrogens with zero attached hydrogens (tertiary/aromatic N) is 3. The van der Waals surface area contributed by atoms with Crippen molar-refractivity contribution in [3.8, 4) is 11.8 Å². The van der Waals surface area contributed by atoms with Crippen LogP contribution in [0, 0.1) is 17.3 Å². The van der Waals surface area contributed by atoms with Gasteiger partial charge in [0.1, 0.15) is 5.03 Å². The van der Waals surface area contributed by atoms with Gasteiger partial charge in [-0.2, -0.15) is 0 Å². The first kappa shape index (κ1) is 20.5. The summed E-state index contributed by atoms with van der Waals surface area (Å²) < 4.78 is 0. The normalized spacial score (nSPS) is 17.5. The second kappa shape index (κ2) is 8.93. The van der Waals surface area contributed by atoms with Crippen LogP contribution in [-0.4, -0.2) is 59.0 Å². The number of hydrogen-bond acceptors (Lipinski definition) is 4. The SMILES string of the molecule is CSc1ncccc1C(=O)N1CCC2(CCN(C(=O)C#Cc3ccccc3)C2)CC1. The minimum Gasteiger partial charge on any atom is -0.339 e. The van der Waals surface area contributed by atoms with Crippen LogP contribution in [0.3, 0.4) is 0 Å². The van der Waals surface area contributed by atoms with Crippen LogP contribution in [0.25, 0.3) is 0 Å². The van der Waals surface area contributed by atoms with Gasteiger partial charge in [-0.3, -0.25) is 9.59 Å². The summed E-state index contributed by atoms with van der Waals surface area (Å²) >= 11 is 1.50. The number of likely N-dealkylation sites (tertiary alicyclic amines) is 2. The lowest BCUT2D eigenvalue weighted by atomic mass is 9.77. The molecule has 0 bridgehead atoms. The molecule has 0 unspecified atom stereocenters. The topological polar surface area (TPSA) is 53.5 Å². The van der Waals surface area contributed by atoms with Crippen molar-refractivity contribution in [3.63, 3.8) is 0 Å². The molecule has 0 radical (unpaired) electrons. The van der Waals surface area contributed by atoms with Crippen LogP contribution in [0.2, 0.25) is 0 Å². The van der Waals surface area contributed by atoms with E-state index in [2.05, 4.69) is 16.8 Å². The van der Waals surface area contributed by atoms with Crippen molar-refractivity contribution in [2.75, 3.05) is 32.4 Å². The summed E-state index contributed by atoms with van der Waals surface area (Å²) in [6, 6.07) is 13.3. The molecular formula is C24H25N3O2S. The number of carbonyl (C=O) groups is 2. The van der Waals surface area contributed by atoms with E-state index in [0.29, 0.717) is 5.56 Å². The van der Waals surface area contributed by atoms with Crippen molar-refractivity contribution < 1.29 is 9.59 Å². The van der Waals surface area contributed by atoms with Crippen molar-refractivity contribution in [1.82, 2.24) is 14.8 Å². The average molecular weight is 420 g/mol. The maximum atomic E-state index is 13.0. The summed E-state index contributed by atoms with van der Waals surface area (Å²) in [6.07, 6.45) is 6.48. The molecule has 5 nitrogen and oxygen atoms in total. The quantitative estimate of drug-likeness (QED) is 0.554. The largest absolute Gasteiger partial charge is 0.339 e. The van der Waals surface area contributed by atoms with Crippen LogP contribution in [-0.2, 0) is 4.79 Å². The molecule has 1 aromatic heterocycles. The molecule has 2 saturated heterocycles. The van der Waals surface area contributed by atoms with Gasteiger partial charge < -0.3 is 9.80 Å². The van der Waals surface area contributed by atoms with E-state index in [1.165, 1.54) is 11.8 Å². The lowest BCUT2D eigenvalue weighted by Gasteiger charge is -2.39. The molecule has 0 saturated carbocycles. The van der Waals surface area contributed by atoms with Gasteiger partial charge in [-0.15, -0.1) is 11.8 Å². The highest BCUT2D eigenvalue weighted by atomic mass is 32.2. The van der Waals surface area contributed by atoms with Crippen LogP contribution in [0.5, 0.6) is 0 Å². The number of thioether (sulfide) groups is 1. The summed E-state index contributed by atoms with van der Waals surface area (Å²) in [6.45, 7) is 2.92. The maximum Gasteiger partial charge on any atom is 0.298 e. The number of aromatic nitrogens is 1. The van der Waals surface area contributed by atoms with Crippen LogP contribution < -0.4 is 0 Å². The third-order valence-electron chi connectivity index (χ3n) is 6.12. The molecule has 0 N–H and O–H groups in total. The number of carbonyl (C=O) groups excluding carboxylic acids is 2. The van der Waals surface area contributed by atoms with Gasteiger partial charge in [-0.05, 0) is 55.2 Å². The molecule has 154 valence electrons. The van der Waals surface area contributed by atoms with Crippen molar-refractivity contribution in [2.24, 2.45) is 5.41 Å². The van der Waals surface area contributed by atoms with Gasteiger partial charge in [0.25, 0.3) is 11.8 Å². The van der Waals surface area contributed by atoms with Crippen LogP contribution in [0.1, 0.15) is 35.2 Å². The van der Waals surface area contributed by atoms with Gasteiger partial charge in [0, 0.05) is 43.9 Å². The van der Waals surface area contributed by atoms with E-state index >= 15 is 0 Å². The van der Waals surface area contributed by atoms with Crippen molar-refractivity contribution in [2.45, 2.75) is 24.3 Å². The molecule has 0 aliphatic carbocycles. The second-order valence-corrected chi connectivity index (χ2v) is 8.74. The highest BCUT2D eigenvalue weighted by molar-refractivity contribution is 7.98. The molecule has 30 heavy (non-hydrogen) atoms. The molecule has 2 aliphatic rings. The number of pyridine rings is 1. The molecule has 1 spiro atoms. The minimum atomic E-state index is -0.103. The Morgan fingerprint density at radius 1 is 1.00 bits per heavy atom. The third-order valence-corrected chi connectivity index (χ3v) is 6.83. The minimum absolute atomic E-state index is 0.0574. The first-order valence-electron chi connectivity index (χ1n) is 10.2. The first-order chi connectivity index (χ1) is 14.6. The molecular weight excluding hydrogens is 394 g/mol. The second-order valence-electron chi connectivity index (χ2n) is 7.95. The van der Waals surface area contributed by atoms with Crippen molar-refractivity contribution >= 4 is 23.6 Å². The standard InChI is InChI=1S/C24H25N3O2S/c1-30-22-20(8-5-14-25-22)23(29)26-15-11-24(12-16-26)13-17-27(18-24)21(28)10-9-19-6-3-2-4-7-19/h2-8,14H,11-13,15-18H2,1H3. The molecule has 2 amide bonds. The Labute approximate surface area is 181 Å². The summed E-state index contributed by atoms with van der Waals surface area (Å²) in [4.78, 5) is 33.6. The molecule has 4 rings (SSSR count). The Morgan fingerprint density at radius 2 is 1.70 bits per heavy atom. The fraction of sp³-hybridized carbons (Fsp3) is 0.375. The molecule has 3 heterocycles. The Morgan fingerprint density at radius 3 is 2.40 bits per heavy atom. The van der Waals surface area contributed by atoms with Crippen molar-refractivity contribution in [3.05, 3.63) is 59.8 Å². The van der Waals surface area contributed by atoms with Gasteiger partial charge >= 0.3 is 0 Å². The number of amides is 2. The lowest BCUT2D eigenvalue weighted by molar-refractivity contribution is -0.124. The first-order valence-corrected chi connectivity index (χ1v) is 11.5. The Hall–Kier alpha value is -2.78. The highest BCUT2D eigenvalue weighted by Crippen LogP contribution is 2.40. The monoisotopic (exact) mass is 419 g/mol. The molecule has 0 atom stereocenters. The van der Waals surface area contributed by atoms with E-state index in [1.807, 2.05) is 58.5 Å². The molecule has 2 aliphatic heterocycles. The Bertz CT molecular complexity index is 988. The number of rotatable bonds is 2. The van der Waals surface area contributed by atoms with Crippen LogP contribution in [0.4, 0.5) is 0 Å². The van der Waals surface area contributed by atoms with Gasteiger partial charge in [0.05, 0.1) is 5.56 Å². The van der Waals surface area contributed by atoms with Crippen LogP contribution in [0.15, 0.2) is 53.7 Å². The summed E-state index contributed by atoms with van der Waals surface area (Å²) in [5.74, 6) is 5.70. The number of benzene rings is 1. The van der Waals surface area contributed by atoms with E-state index in [9.17, 15) is 9.59 Å². The highest BCUT2D eigenvalue weighted by Gasteiger charge is 2.42. The van der Waals surface area contributed by atoms with Crippen molar-refractivity contribution in [1.29, 1.82) is 0 Å². The van der Waals surface area contributed by atoms with E-state index in [-0.39, 0.29) is 17.2 Å².